The standard InChI is InChI=1S/C15H21N3O2S/c1-15(7-3-2-4-8-15)11-18-21(19,20)14-6-5-12(10-16)9-13(14)17/h5-6,9,18H,2-4,7-8,11,17H2,1H3. The number of nitrogen functional groups attached to an aromatic ring is 1. The highest BCUT2D eigenvalue weighted by molar-refractivity contribution is 7.89. The van der Waals surface area contributed by atoms with Crippen molar-refractivity contribution in [2.75, 3.05) is 12.3 Å². The summed E-state index contributed by atoms with van der Waals surface area (Å²) in [6.07, 6.45) is 5.61. The summed E-state index contributed by atoms with van der Waals surface area (Å²) in [5.74, 6) is 0. The Morgan fingerprint density at radius 3 is 2.57 bits per heavy atom. The van der Waals surface area contributed by atoms with E-state index in [1.807, 2.05) is 6.07 Å². The van der Waals surface area contributed by atoms with Crippen LogP contribution in [-0.4, -0.2) is 15.0 Å². The molecule has 0 aromatic heterocycles. The van der Waals surface area contributed by atoms with Gasteiger partial charge >= 0.3 is 0 Å². The van der Waals surface area contributed by atoms with E-state index in [4.69, 9.17) is 11.0 Å². The number of nitrogens with two attached hydrogens (primary N) is 1. The van der Waals surface area contributed by atoms with Gasteiger partial charge in [-0.3, -0.25) is 0 Å². The topological polar surface area (TPSA) is 96.0 Å². The zero-order chi connectivity index (χ0) is 15.5. The molecule has 114 valence electrons. The predicted octanol–water partition coefficient (Wildman–Crippen LogP) is 2.39. The number of hydrogen-bond donors (Lipinski definition) is 2. The molecule has 0 radical (unpaired) electrons. The average molecular weight is 307 g/mol. The van der Waals surface area contributed by atoms with Crippen molar-refractivity contribution in [2.24, 2.45) is 5.41 Å². The van der Waals surface area contributed by atoms with Gasteiger partial charge in [0.1, 0.15) is 4.90 Å². The number of rotatable bonds is 4. The Balaban J connectivity index is 2.13. The number of hydrogen-bond acceptors (Lipinski definition) is 4. The molecular weight excluding hydrogens is 286 g/mol. The molecule has 5 nitrogen and oxygen atoms in total. The lowest BCUT2D eigenvalue weighted by molar-refractivity contribution is 0.219. The number of nitriles is 1. The van der Waals surface area contributed by atoms with Gasteiger partial charge in [0.25, 0.3) is 0 Å². The number of nitrogens with one attached hydrogen (secondary N) is 1. The number of benzene rings is 1. The SMILES string of the molecule is CC1(CNS(=O)(=O)c2ccc(C#N)cc2N)CCCCC1. The van der Waals surface area contributed by atoms with Crippen molar-refractivity contribution in [3.8, 4) is 6.07 Å². The van der Waals surface area contributed by atoms with Gasteiger partial charge in [-0.1, -0.05) is 26.2 Å². The maximum absolute atomic E-state index is 12.4. The molecule has 1 fully saturated rings. The second-order valence-electron chi connectivity index (χ2n) is 6.06. The van der Waals surface area contributed by atoms with Gasteiger partial charge in [0.05, 0.1) is 17.3 Å². The van der Waals surface area contributed by atoms with E-state index < -0.39 is 10.0 Å². The third-order valence-electron chi connectivity index (χ3n) is 4.18. The Hall–Kier alpha value is -1.58. The highest BCUT2D eigenvalue weighted by Gasteiger charge is 2.29. The summed E-state index contributed by atoms with van der Waals surface area (Å²) in [5.41, 5.74) is 6.23. The molecule has 0 amide bonds. The summed E-state index contributed by atoms with van der Waals surface area (Å²) in [6, 6.07) is 6.18. The molecule has 2 rings (SSSR count). The van der Waals surface area contributed by atoms with Crippen LogP contribution >= 0.6 is 0 Å². The van der Waals surface area contributed by atoms with Gasteiger partial charge in [-0.15, -0.1) is 0 Å². The van der Waals surface area contributed by atoms with E-state index >= 15 is 0 Å². The molecule has 0 atom stereocenters. The lowest BCUT2D eigenvalue weighted by atomic mass is 9.76. The van der Waals surface area contributed by atoms with E-state index in [0.717, 1.165) is 25.7 Å². The van der Waals surface area contributed by atoms with Crippen LogP contribution in [0.15, 0.2) is 23.1 Å². The minimum atomic E-state index is -3.64. The van der Waals surface area contributed by atoms with Crippen molar-refractivity contribution in [1.29, 1.82) is 5.26 Å². The maximum atomic E-state index is 12.4. The molecule has 0 spiro atoms. The summed E-state index contributed by atoms with van der Waals surface area (Å²) in [5, 5.41) is 8.79. The van der Waals surface area contributed by atoms with Gasteiger partial charge in [-0.2, -0.15) is 5.26 Å². The van der Waals surface area contributed by atoms with Crippen LogP contribution in [0.1, 0.15) is 44.6 Å². The molecule has 0 aliphatic heterocycles. The first-order valence-corrected chi connectivity index (χ1v) is 8.64. The Bertz CT molecular complexity index is 656. The first kappa shape index (κ1) is 15.8. The van der Waals surface area contributed by atoms with Gasteiger partial charge in [0.2, 0.25) is 10.0 Å². The van der Waals surface area contributed by atoms with Crippen LogP contribution in [0.5, 0.6) is 0 Å². The van der Waals surface area contributed by atoms with Crippen molar-refractivity contribution in [1.82, 2.24) is 4.72 Å². The summed E-state index contributed by atoms with van der Waals surface area (Å²) in [4.78, 5) is 0.0425. The van der Waals surface area contributed by atoms with E-state index in [-0.39, 0.29) is 16.0 Å². The molecule has 0 saturated heterocycles. The lowest BCUT2D eigenvalue weighted by Gasteiger charge is -2.33. The van der Waals surface area contributed by atoms with E-state index in [1.54, 1.807) is 0 Å². The van der Waals surface area contributed by atoms with Gasteiger partial charge in [0, 0.05) is 6.54 Å². The zero-order valence-electron chi connectivity index (χ0n) is 12.2. The first-order chi connectivity index (χ1) is 9.86. The molecule has 1 aromatic carbocycles. The normalized spacial score (nSPS) is 18.1. The van der Waals surface area contributed by atoms with Crippen molar-refractivity contribution in [2.45, 2.75) is 43.9 Å². The summed E-state index contributed by atoms with van der Waals surface area (Å²) < 4.78 is 27.4. The highest BCUT2D eigenvalue weighted by Crippen LogP contribution is 2.35. The summed E-state index contributed by atoms with van der Waals surface area (Å²) >= 11 is 0. The molecule has 1 aromatic rings. The third kappa shape index (κ3) is 3.74. The van der Waals surface area contributed by atoms with Crippen molar-refractivity contribution >= 4 is 15.7 Å². The largest absolute Gasteiger partial charge is 0.398 e. The van der Waals surface area contributed by atoms with Crippen molar-refractivity contribution < 1.29 is 8.42 Å². The minimum Gasteiger partial charge on any atom is -0.398 e. The molecule has 1 aliphatic rings. The molecule has 0 heterocycles. The van der Waals surface area contributed by atoms with E-state index in [0.29, 0.717) is 12.1 Å². The second-order valence-corrected chi connectivity index (χ2v) is 7.80. The zero-order valence-corrected chi connectivity index (χ0v) is 13.0. The predicted molar refractivity (Wildman–Crippen MR) is 81.9 cm³/mol. The number of nitrogens with zero attached hydrogens (tertiary/aromatic N) is 1. The van der Waals surface area contributed by atoms with Crippen LogP contribution in [0.4, 0.5) is 5.69 Å². The van der Waals surface area contributed by atoms with Crippen LogP contribution in [-0.2, 0) is 10.0 Å². The van der Waals surface area contributed by atoms with Crippen LogP contribution in [0, 0.1) is 16.7 Å². The van der Waals surface area contributed by atoms with Gasteiger partial charge < -0.3 is 5.73 Å². The van der Waals surface area contributed by atoms with Crippen LogP contribution in [0.25, 0.3) is 0 Å². The fourth-order valence-electron chi connectivity index (χ4n) is 2.79. The number of sulfonamides is 1. The van der Waals surface area contributed by atoms with Crippen LogP contribution in [0.3, 0.4) is 0 Å². The van der Waals surface area contributed by atoms with Crippen molar-refractivity contribution in [3.63, 3.8) is 0 Å². The monoisotopic (exact) mass is 307 g/mol. The highest BCUT2D eigenvalue weighted by atomic mass is 32.2. The van der Waals surface area contributed by atoms with Crippen LogP contribution in [0.2, 0.25) is 0 Å². The Morgan fingerprint density at radius 1 is 1.33 bits per heavy atom. The molecule has 6 heteroatoms. The molecule has 0 unspecified atom stereocenters. The van der Waals surface area contributed by atoms with E-state index in [2.05, 4.69) is 11.6 Å². The Labute approximate surface area is 126 Å². The summed E-state index contributed by atoms with van der Waals surface area (Å²) in [6.45, 7) is 2.55. The van der Waals surface area contributed by atoms with Gasteiger partial charge in [-0.25, -0.2) is 13.1 Å². The third-order valence-corrected chi connectivity index (χ3v) is 5.65. The molecule has 3 N–H and O–H groups in total. The van der Waals surface area contributed by atoms with Gasteiger partial charge in [0.15, 0.2) is 0 Å². The first-order valence-electron chi connectivity index (χ1n) is 7.16. The fraction of sp³-hybridized carbons (Fsp3) is 0.533. The molecule has 1 aliphatic carbocycles. The molecule has 1 saturated carbocycles. The lowest BCUT2D eigenvalue weighted by Crippen LogP contribution is -2.37. The molecular formula is C15H21N3O2S. The van der Waals surface area contributed by atoms with Crippen LogP contribution < -0.4 is 10.5 Å². The second kappa shape index (κ2) is 6.04. The maximum Gasteiger partial charge on any atom is 0.242 e. The van der Waals surface area contributed by atoms with E-state index in [1.165, 1.54) is 24.6 Å². The number of anilines is 1. The smallest absolute Gasteiger partial charge is 0.242 e. The summed E-state index contributed by atoms with van der Waals surface area (Å²) in [7, 11) is -3.64. The van der Waals surface area contributed by atoms with Gasteiger partial charge in [-0.05, 0) is 36.5 Å². The Kier molecular flexibility index (Phi) is 4.55. The van der Waals surface area contributed by atoms with Crippen molar-refractivity contribution in [3.05, 3.63) is 23.8 Å². The quantitative estimate of drug-likeness (QED) is 0.835. The molecule has 0 bridgehead atoms. The minimum absolute atomic E-state index is 0.0205. The molecule has 21 heavy (non-hydrogen) atoms. The fourth-order valence-corrected chi connectivity index (χ4v) is 4.10. The van der Waals surface area contributed by atoms with E-state index in [9.17, 15) is 8.42 Å². The average Bonchev–Trinajstić information content (AvgIpc) is 2.46. The Morgan fingerprint density at radius 2 is 2.00 bits per heavy atom.